The van der Waals surface area contributed by atoms with Crippen LogP contribution >= 0.6 is 11.8 Å². The van der Waals surface area contributed by atoms with E-state index >= 15 is 0 Å². The van der Waals surface area contributed by atoms with Crippen LogP contribution < -0.4 is 11.1 Å². The molecule has 0 bridgehead atoms. The summed E-state index contributed by atoms with van der Waals surface area (Å²) < 4.78 is 5.72. The summed E-state index contributed by atoms with van der Waals surface area (Å²) >= 11 is 1.21. The van der Waals surface area contributed by atoms with Crippen molar-refractivity contribution in [1.82, 2.24) is 15.3 Å². The lowest BCUT2D eigenvalue weighted by Crippen LogP contribution is -2.35. The molecule has 2 aromatic carbocycles. The summed E-state index contributed by atoms with van der Waals surface area (Å²) in [5.74, 6) is 0.132. The van der Waals surface area contributed by atoms with Gasteiger partial charge >= 0.3 is 5.97 Å². The van der Waals surface area contributed by atoms with Crippen molar-refractivity contribution in [1.29, 1.82) is 0 Å². The average Bonchev–Trinajstić information content (AvgIpc) is 2.92. The van der Waals surface area contributed by atoms with E-state index in [9.17, 15) is 14.7 Å². The van der Waals surface area contributed by atoms with Crippen molar-refractivity contribution in [2.75, 3.05) is 18.3 Å². The van der Waals surface area contributed by atoms with E-state index in [1.165, 1.54) is 11.8 Å². The van der Waals surface area contributed by atoms with Gasteiger partial charge in [0.05, 0.1) is 0 Å². The van der Waals surface area contributed by atoms with E-state index in [0.717, 1.165) is 11.1 Å². The number of nitrogens with zero attached hydrogens (tertiary/aromatic N) is 2. The van der Waals surface area contributed by atoms with Crippen molar-refractivity contribution in [3.05, 3.63) is 99.9 Å². The average molecular weight is 521 g/mol. The number of carbonyl (C=O) groups excluding carboxylic acids is 2. The van der Waals surface area contributed by atoms with Crippen LogP contribution in [0.1, 0.15) is 42.8 Å². The van der Waals surface area contributed by atoms with Crippen LogP contribution in [-0.4, -0.2) is 39.5 Å². The van der Waals surface area contributed by atoms with E-state index in [-0.39, 0.29) is 31.4 Å². The number of thioether (sulfide) groups is 1. The normalized spacial score (nSPS) is 12.0. The molecule has 4 N–H and O–H groups in total. The number of aryl methyl sites for hydroxylation is 1. The number of hydrogen-bond acceptors (Lipinski definition) is 8. The van der Waals surface area contributed by atoms with E-state index in [1.807, 2.05) is 67.6 Å². The highest BCUT2D eigenvalue weighted by molar-refractivity contribution is 8.03. The molecule has 0 aliphatic rings. The first-order valence-electron chi connectivity index (χ1n) is 11.8. The van der Waals surface area contributed by atoms with Crippen molar-refractivity contribution in [3.8, 4) is 0 Å². The summed E-state index contributed by atoms with van der Waals surface area (Å²) in [6, 6.07) is 19.0. The molecule has 0 spiro atoms. The highest BCUT2D eigenvalue weighted by Crippen LogP contribution is 2.34. The Kier molecular flexibility index (Phi) is 9.82. The molecule has 0 saturated carbocycles. The maximum Gasteiger partial charge on any atom is 0.321 e. The van der Waals surface area contributed by atoms with Gasteiger partial charge < -0.3 is 20.9 Å². The van der Waals surface area contributed by atoms with Gasteiger partial charge in [-0.25, -0.2) is 9.97 Å². The first-order valence-corrected chi connectivity index (χ1v) is 12.8. The molecule has 0 unspecified atom stereocenters. The molecule has 0 aliphatic heterocycles. The molecule has 0 atom stereocenters. The molecule has 1 amide bonds. The fraction of sp³-hybridized carbons (Fsp3) is 0.286. The maximum absolute atomic E-state index is 13.4. The van der Waals surface area contributed by atoms with Gasteiger partial charge in [0.1, 0.15) is 23.0 Å². The minimum atomic E-state index is -1.01. The van der Waals surface area contributed by atoms with Crippen molar-refractivity contribution in [2.45, 2.75) is 39.2 Å². The van der Waals surface area contributed by atoms with Crippen LogP contribution in [0, 0.1) is 6.92 Å². The minimum absolute atomic E-state index is 0.00715. The fourth-order valence-electron chi connectivity index (χ4n) is 3.80. The molecule has 3 rings (SSSR count). The first-order chi connectivity index (χ1) is 17.8. The number of amides is 1. The number of hydrogen-bond donors (Lipinski definition) is 3. The highest BCUT2D eigenvalue weighted by Gasteiger charge is 2.38. The lowest BCUT2D eigenvalue weighted by molar-refractivity contribution is -0.146. The molecule has 1 heterocycles. The van der Waals surface area contributed by atoms with Gasteiger partial charge in [0.15, 0.2) is 0 Å². The topological polar surface area (TPSA) is 127 Å². The second kappa shape index (κ2) is 13.0. The number of nitrogen functional groups attached to an aromatic ring is 1. The quantitative estimate of drug-likeness (QED) is 0.197. The van der Waals surface area contributed by atoms with Crippen molar-refractivity contribution in [2.24, 2.45) is 0 Å². The van der Waals surface area contributed by atoms with Gasteiger partial charge in [-0.2, -0.15) is 0 Å². The third kappa shape index (κ3) is 6.96. The van der Waals surface area contributed by atoms with Gasteiger partial charge in [0.2, 0.25) is 5.91 Å². The lowest BCUT2D eigenvalue weighted by Gasteiger charge is -2.28. The first kappa shape index (κ1) is 27.9. The number of nitrogens with two attached hydrogens (primary N) is 1. The zero-order chi connectivity index (χ0) is 26.8. The zero-order valence-corrected chi connectivity index (χ0v) is 22.0. The highest BCUT2D eigenvalue weighted by atomic mass is 32.2. The predicted molar refractivity (Wildman–Crippen MR) is 145 cm³/mol. The monoisotopic (exact) mass is 520 g/mol. The Labute approximate surface area is 221 Å². The Morgan fingerprint density at radius 3 is 2.22 bits per heavy atom. The lowest BCUT2D eigenvalue weighted by atomic mass is 9.76. The molecule has 9 heteroatoms. The Bertz CT molecular complexity index is 1210. The number of aliphatic hydroxyl groups is 1. The number of nitrogens with one attached hydrogen (secondary N) is 1. The molecular weight excluding hydrogens is 488 g/mol. The third-order valence-corrected chi connectivity index (χ3v) is 7.18. The summed E-state index contributed by atoms with van der Waals surface area (Å²) in [5.41, 5.74) is 7.57. The SMILES string of the molecule is C/C(C(=O)NCc1cnc(C)nc1N)=C(\CCO)SCOC(=O)C(C)(c1ccccc1)c1ccccc1. The van der Waals surface area contributed by atoms with Crippen molar-refractivity contribution >= 4 is 29.5 Å². The van der Waals surface area contributed by atoms with Gasteiger partial charge in [-0.1, -0.05) is 72.4 Å². The number of carbonyl (C=O) groups is 2. The number of benzene rings is 2. The number of aliphatic hydroxyl groups excluding tert-OH is 1. The maximum atomic E-state index is 13.4. The smallest absolute Gasteiger partial charge is 0.321 e. The van der Waals surface area contributed by atoms with Crippen LogP contribution in [0.4, 0.5) is 5.82 Å². The molecule has 194 valence electrons. The van der Waals surface area contributed by atoms with Crippen LogP contribution in [0.5, 0.6) is 0 Å². The molecule has 3 aromatic rings. The molecule has 0 aliphatic carbocycles. The van der Waals surface area contributed by atoms with Gasteiger partial charge in [-0.05, 0) is 36.8 Å². The molecular formula is C28H32N4O4S. The van der Waals surface area contributed by atoms with E-state index in [2.05, 4.69) is 15.3 Å². The van der Waals surface area contributed by atoms with E-state index in [0.29, 0.717) is 27.7 Å². The molecule has 37 heavy (non-hydrogen) atoms. The largest absolute Gasteiger partial charge is 0.453 e. The molecule has 0 fully saturated rings. The molecule has 8 nitrogen and oxygen atoms in total. The van der Waals surface area contributed by atoms with Crippen LogP contribution in [0.2, 0.25) is 0 Å². The number of esters is 1. The molecule has 0 saturated heterocycles. The summed E-state index contributed by atoms with van der Waals surface area (Å²) in [6.07, 6.45) is 1.84. The van der Waals surface area contributed by atoms with Gasteiger partial charge in [-0.3, -0.25) is 9.59 Å². The Morgan fingerprint density at radius 1 is 1.08 bits per heavy atom. The fourth-order valence-corrected chi connectivity index (χ4v) is 4.65. The van der Waals surface area contributed by atoms with E-state index in [1.54, 1.807) is 20.0 Å². The summed E-state index contributed by atoms with van der Waals surface area (Å²) in [4.78, 5) is 35.0. The summed E-state index contributed by atoms with van der Waals surface area (Å²) in [5, 5.41) is 12.4. The molecule has 1 aromatic heterocycles. The van der Waals surface area contributed by atoms with Crippen LogP contribution in [0.25, 0.3) is 0 Å². The number of rotatable bonds is 11. The second-order valence-corrected chi connectivity index (χ2v) is 9.60. The second-order valence-electron chi connectivity index (χ2n) is 8.58. The Morgan fingerprint density at radius 2 is 1.68 bits per heavy atom. The van der Waals surface area contributed by atoms with Crippen molar-refractivity contribution < 1.29 is 19.4 Å². The van der Waals surface area contributed by atoms with Gasteiger partial charge in [-0.15, -0.1) is 0 Å². The Balaban J connectivity index is 1.70. The summed E-state index contributed by atoms with van der Waals surface area (Å²) in [7, 11) is 0. The van der Waals surface area contributed by atoms with Gasteiger partial charge in [0, 0.05) is 36.9 Å². The minimum Gasteiger partial charge on any atom is -0.453 e. The van der Waals surface area contributed by atoms with Crippen LogP contribution in [0.3, 0.4) is 0 Å². The van der Waals surface area contributed by atoms with Crippen molar-refractivity contribution in [3.63, 3.8) is 0 Å². The number of aromatic nitrogens is 2. The predicted octanol–water partition coefficient (Wildman–Crippen LogP) is 3.88. The zero-order valence-electron chi connectivity index (χ0n) is 21.2. The van der Waals surface area contributed by atoms with Crippen LogP contribution in [0.15, 0.2) is 77.3 Å². The van der Waals surface area contributed by atoms with E-state index < -0.39 is 11.4 Å². The van der Waals surface area contributed by atoms with Crippen LogP contribution in [-0.2, 0) is 26.3 Å². The standard InChI is InChI=1S/C28H32N4O4S/c1-19(26(34)31-17-21-16-30-20(2)32-25(21)29)24(14-15-33)37-18-36-27(35)28(3,22-10-6-4-7-11-22)23-12-8-5-9-13-23/h4-13,16,33H,14-15,17-18H2,1-3H3,(H,31,34)(H2,29,30,32)/b24-19-. The summed E-state index contributed by atoms with van der Waals surface area (Å²) in [6.45, 7) is 5.27. The number of anilines is 1. The van der Waals surface area contributed by atoms with Gasteiger partial charge in [0.25, 0.3) is 0 Å². The molecule has 0 radical (unpaired) electrons. The Hall–Kier alpha value is -3.69. The van der Waals surface area contributed by atoms with E-state index in [4.69, 9.17) is 10.5 Å². The third-order valence-electron chi connectivity index (χ3n) is 6.09. The number of ether oxygens (including phenoxy) is 1.